The van der Waals surface area contributed by atoms with E-state index in [1.165, 1.54) is 0 Å². The maximum absolute atomic E-state index is 13.0. The first-order chi connectivity index (χ1) is 10.3. The van der Waals surface area contributed by atoms with Crippen LogP contribution in [0.1, 0.15) is 53.4 Å². The van der Waals surface area contributed by atoms with Gasteiger partial charge in [0.25, 0.3) is 0 Å². The van der Waals surface area contributed by atoms with Crippen LogP contribution in [0.15, 0.2) is 0 Å². The molecule has 0 radical (unpaired) electrons. The van der Waals surface area contributed by atoms with E-state index in [0.29, 0.717) is 12.8 Å². The third-order valence-corrected chi connectivity index (χ3v) is 3.81. The molecular weight excluding hydrogens is 313 g/mol. The minimum Gasteiger partial charge on any atom is -0.444 e. The summed E-state index contributed by atoms with van der Waals surface area (Å²) in [7, 11) is 0. The van der Waals surface area contributed by atoms with Gasteiger partial charge in [0.05, 0.1) is 0 Å². The Labute approximate surface area is 134 Å². The smallest absolute Gasteiger partial charge is 0.408 e. The standard InChI is InChI=1S/C15H25F3N2O3/c1-13(2,3)23-12(22)19-9-6-10(15(16,17)18)20-11(21)14(4)7-5-8-14/h10H,5-9H2,1-4H3,(H,19,22)(H,20,21)/t10-/m0/s1. The van der Waals surface area contributed by atoms with E-state index < -0.39 is 41.7 Å². The third kappa shape index (κ3) is 6.27. The zero-order valence-corrected chi connectivity index (χ0v) is 14.0. The van der Waals surface area contributed by atoms with Crippen molar-refractivity contribution >= 4 is 12.0 Å². The van der Waals surface area contributed by atoms with Crippen LogP contribution in [0.5, 0.6) is 0 Å². The number of alkyl halides is 3. The van der Waals surface area contributed by atoms with Crippen LogP contribution in [-0.2, 0) is 9.53 Å². The van der Waals surface area contributed by atoms with Crippen molar-refractivity contribution in [3.05, 3.63) is 0 Å². The van der Waals surface area contributed by atoms with Crippen molar-refractivity contribution in [1.82, 2.24) is 10.6 Å². The second-order valence-corrected chi connectivity index (χ2v) is 7.20. The first-order valence-corrected chi connectivity index (χ1v) is 7.68. The van der Waals surface area contributed by atoms with E-state index in [1.807, 2.05) is 0 Å². The van der Waals surface area contributed by atoms with Gasteiger partial charge in [0, 0.05) is 12.0 Å². The van der Waals surface area contributed by atoms with Crippen LogP contribution in [0.2, 0.25) is 0 Å². The first-order valence-electron chi connectivity index (χ1n) is 7.68. The molecule has 1 rings (SSSR count). The van der Waals surface area contributed by atoms with Gasteiger partial charge in [-0.2, -0.15) is 13.2 Å². The predicted octanol–water partition coefficient (Wildman–Crippen LogP) is 3.14. The summed E-state index contributed by atoms with van der Waals surface area (Å²) in [5, 5.41) is 4.33. The van der Waals surface area contributed by atoms with E-state index in [-0.39, 0.29) is 6.54 Å². The molecule has 1 aliphatic rings. The average molecular weight is 338 g/mol. The highest BCUT2D eigenvalue weighted by atomic mass is 19.4. The van der Waals surface area contributed by atoms with Gasteiger partial charge in [-0.1, -0.05) is 13.3 Å². The number of hydrogen-bond donors (Lipinski definition) is 2. The van der Waals surface area contributed by atoms with Gasteiger partial charge in [-0.25, -0.2) is 4.79 Å². The number of carbonyl (C=O) groups excluding carboxylic acids is 2. The molecule has 0 aromatic rings. The van der Waals surface area contributed by atoms with Gasteiger partial charge < -0.3 is 15.4 Å². The Bertz CT molecular complexity index is 440. The highest BCUT2D eigenvalue weighted by Gasteiger charge is 2.45. The van der Waals surface area contributed by atoms with Crippen molar-refractivity contribution in [1.29, 1.82) is 0 Å². The molecule has 1 fully saturated rings. The lowest BCUT2D eigenvalue weighted by Crippen LogP contribution is -2.53. The maximum Gasteiger partial charge on any atom is 0.408 e. The van der Waals surface area contributed by atoms with Crippen LogP contribution in [0.25, 0.3) is 0 Å². The number of rotatable bonds is 5. The summed E-state index contributed by atoms with van der Waals surface area (Å²) in [6.07, 6.45) is -3.74. The molecule has 1 atom stereocenters. The van der Waals surface area contributed by atoms with Crippen molar-refractivity contribution < 1.29 is 27.5 Å². The highest BCUT2D eigenvalue weighted by Crippen LogP contribution is 2.40. The summed E-state index contributed by atoms with van der Waals surface area (Å²) in [5.74, 6) is -0.580. The molecule has 0 bridgehead atoms. The molecule has 5 nitrogen and oxygen atoms in total. The molecule has 0 spiro atoms. The van der Waals surface area contributed by atoms with Crippen LogP contribution >= 0.6 is 0 Å². The fraction of sp³-hybridized carbons (Fsp3) is 0.867. The van der Waals surface area contributed by atoms with E-state index in [0.717, 1.165) is 6.42 Å². The number of hydrogen-bond acceptors (Lipinski definition) is 3. The van der Waals surface area contributed by atoms with Gasteiger partial charge in [0.1, 0.15) is 11.6 Å². The lowest BCUT2D eigenvalue weighted by molar-refractivity contribution is -0.167. The number of nitrogens with one attached hydrogen (secondary N) is 2. The predicted molar refractivity (Wildman–Crippen MR) is 78.8 cm³/mol. The van der Waals surface area contributed by atoms with Crippen LogP contribution in [0.4, 0.5) is 18.0 Å². The molecule has 0 aromatic heterocycles. The Morgan fingerprint density at radius 2 is 1.78 bits per heavy atom. The summed E-state index contributed by atoms with van der Waals surface area (Å²) in [6.45, 7) is 6.40. The van der Waals surface area contributed by atoms with E-state index in [2.05, 4.69) is 10.6 Å². The van der Waals surface area contributed by atoms with Gasteiger partial charge in [-0.15, -0.1) is 0 Å². The van der Waals surface area contributed by atoms with Crippen LogP contribution in [0.3, 0.4) is 0 Å². The van der Waals surface area contributed by atoms with Crippen LogP contribution in [0, 0.1) is 5.41 Å². The summed E-state index contributed by atoms with van der Waals surface area (Å²) >= 11 is 0. The van der Waals surface area contributed by atoms with E-state index in [4.69, 9.17) is 4.74 Å². The quantitative estimate of drug-likeness (QED) is 0.809. The van der Waals surface area contributed by atoms with Gasteiger partial charge in [-0.3, -0.25) is 4.79 Å². The number of ether oxygens (including phenoxy) is 1. The summed E-state index contributed by atoms with van der Waals surface area (Å²) in [4.78, 5) is 23.4. The van der Waals surface area contributed by atoms with E-state index in [1.54, 1.807) is 27.7 Å². The van der Waals surface area contributed by atoms with Crippen LogP contribution < -0.4 is 10.6 Å². The van der Waals surface area contributed by atoms with E-state index in [9.17, 15) is 22.8 Å². The highest BCUT2D eigenvalue weighted by molar-refractivity contribution is 5.83. The van der Waals surface area contributed by atoms with Crippen molar-refractivity contribution in [2.45, 2.75) is 71.2 Å². The van der Waals surface area contributed by atoms with Crippen molar-refractivity contribution in [2.24, 2.45) is 5.41 Å². The summed E-state index contributed by atoms with van der Waals surface area (Å²) in [5.41, 5.74) is -1.43. The molecule has 0 heterocycles. The van der Waals surface area contributed by atoms with Gasteiger partial charge in [0.15, 0.2) is 0 Å². The third-order valence-electron chi connectivity index (χ3n) is 3.81. The first kappa shape index (κ1) is 19.6. The molecule has 134 valence electrons. The van der Waals surface area contributed by atoms with Crippen molar-refractivity contribution in [3.8, 4) is 0 Å². The van der Waals surface area contributed by atoms with Gasteiger partial charge >= 0.3 is 12.3 Å². The minimum absolute atomic E-state index is 0.240. The van der Waals surface area contributed by atoms with Crippen molar-refractivity contribution in [2.75, 3.05) is 6.54 Å². The number of carbonyl (C=O) groups is 2. The molecule has 2 N–H and O–H groups in total. The van der Waals surface area contributed by atoms with E-state index >= 15 is 0 Å². The van der Waals surface area contributed by atoms with Crippen molar-refractivity contribution in [3.63, 3.8) is 0 Å². The zero-order valence-electron chi connectivity index (χ0n) is 14.0. The fourth-order valence-electron chi connectivity index (χ4n) is 2.22. The Hall–Kier alpha value is -1.47. The minimum atomic E-state index is -4.56. The van der Waals surface area contributed by atoms with Crippen LogP contribution in [-0.4, -0.2) is 36.4 Å². The molecule has 0 aliphatic heterocycles. The molecule has 1 saturated carbocycles. The number of amides is 2. The fourth-order valence-corrected chi connectivity index (χ4v) is 2.22. The second-order valence-electron chi connectivity index (χ2n) is 7.20. The molecule has 0 unspecified atom stereocenters. The maximum atomic E-state index is 13.0. The Kier molecular flexibility index (Phi) is 5.93. The van der Waals surface area contributed by atoms with Gasteiger partial charge in [0.2, 0.25) is 5.91 Å². The molecule has 1 aliphatic carbocycles. The number of alkyl carbamates (subject to hydrolysis) is 1. The normalized spacial score (nSPS) is 18.6. The monoisotopic (exact) mass is 338 g/mol. The zero-order chi connectivity index (χ0) is 17.9. The molecule has 0 aromatic carbocycles. The second kappa shape index (κ2) is 6.97. The molecule has 8 heteroatoms. The Balaban J connectivity index is 2.50. The molecular formula is C15H25F3N2O3. The Morgan fingerprint density at radius 1 is 1.22 bits per heavy atom. The SMILES string of the molecule is CC(C)(C)OC(=O)NCC[C@H](NC(=O)C1(C)CCC1)C(F)(F)F. The average Bonchev–Trinajstić information content (AvgIpc) is 2.30. The molecule has 0 saturated heterocycles. The van der Waals surface area contributed by atoms with Gasteiger partial charge in [-0.05, 0) is 40.0 Å². The number of halogens is 3. The Morgan fingerprint density at radius 3 is 2.17 bits per heavy atom. The lowest BCUT2D eigenvalue weighted by atomic mass is 9.69. The molecule has 2 amide bonds. The summed E-state index contributed by atoms with van der Waals surface area (Å²) in [6, 6.07) is -1.98. The summed E-state index contributed by atoms with van der Waals surface area (Å²) < 4.78 is 44.0. The topological polar surface area (TPSA) is 67.4 Å². The largest absolute Gasteiger partial charge is 0.444 e. The molecule has 23 heavy (non-hydrogen) atoms. The lowest BCUT2D eigenvalue weighted by Gasteiger charge is -2.38.